The van der Waals surface area contributed by atoms with Gasteiger partial charge in [0.25, 0.3) is 0 Å². The van der Waals surface area contributed by atoms with Crippen LogP contribution in [0.3, 0.4) is 0 Å². The van der Waals surface area contributed by atoms with Gasteiger partial charge in [0.15, 0.2) is 0 Å². The average Bonchev–Trinajstić information content (AvgIpc) is 2.37. The number of nitrogens with one attached hydrogen (secondary N) is 2. The van der Waals surface area contributed by atoms with Gasteiger partial charge in [0.2, 0.25) is 10.0 Å². The number of carboxylic acids is 1. The highest BCUT2D eigenvalue weighted by Crippen LogP contribution is 2.41. The highest BCUT2D eigenvalue weighted by molar-refractivity contribution is 7.89. The van der Waals surface area contributed by atoms with Crippen LogP contribution in [0.4, 0.5) is 5.69 Å². The molecule has 0 radical (unpaired) electrons. The third kappa shape index (κ3) is 3.36. The lowest BCUT2D eigenvalue weighted by atomic mass is 9.69. The lowest BCUT2D eigenvalue weighted by Gasteiger charge is -2.37. The van der Waals surface area contributed by atoms with E-state index in [0.717, 1.165) is 12.1 Å². The second-order valence-electron chi connectivity index (χ2n) is 5.32. The SMILES string of the molecule is CCNS(=O)(=O)c1ccc(NCC2(C(=O)O)CCC2)cc1. The summed E-state index contributed by atoms with van der Waals surface area (Å²) in [5.41, 5.74) is 0.0482. The summed E-state index contributed by atoms with van der Waals surface area (Å²) in [4.78, 5) is 11.5. The molecule has 0 atom stereocenters. The van der Waals surface area contributed by atoms with Crippen molar-refractivity contribution in [3.63, 3.8) is 0 Å². The number of rotatable bonds is 7. The Morgan fingerprint density at radius 2 is 1.90 bits per heavy atom. The van der Waals surface area contributed by atoms with E-state index in [1.54, 1.807) is 19.1 Å². The fourth-order valence-corrected chi connectivity index (χ4v) is 3.41. The van der Waals surface area contributed by atoms with Crippen LogP contribution in [-0.2, 0) is 14.8 Å². The summed E-state index contributed by atoms with van der Waals surface area (Å²) in [5.74, 6) is -0.771. The van der Waals surface area contributed by atoms with Crippen molar-refractivity contribution in [2.75, 3.05) is 18.4 Å². The number of hydrogen-bond donors (Lipinski definition) is 3. The zero-order valence-electron chi connectivity index (χ0n) is 11.9. The Labute approximate surface area is 124 Å². The molecule has 0 amide bonds. The minimum absolute atomic E-state index is 0.200. The average molecular weight is 312 g/mol. The Balaban J connectivity index is 2.02. The first-order valence-electron chi connectivity index (χ1n) is 6.97. The highest BCUT2D eigenvalue weighted by atomic mass is 32.2. The largest absolute Gasteiger partial charge is 0.481 e. The van der Waals surface area contributed by atoms with Gasteiger partial charge in [0, 0.05) is 18.8 Å². The molecule has 0 aliphatic heterocycles. The van der Waals surface area contributed by atoms with Crippen molar-refractivity contribution in [2.24, 2.45) is 5.41 Å². The summed E-state index contributed by atoms with van der Waals surface area (Å²) in [7, 11) is -3.45. The van der Waals surface area contributed by atoms with Gasteiger partial charge in [-0.3, -0.25) is 4.79 Å². The normalized spacial score (nSPS) is 17.0. The van der Waals surface area contributed by atoms with Crippen molar-refractivity contribution >= 4 is 21.7 Å². The van der Waals surface area contributed by atoms with Crippen LogP contribution in [0, 0.1) is 5.41 Å². The Hall–Kier alpha value is -1.60. The number of anilines is 1. The lowest BCUT2D eigenvalue weighted by molar-refractivity contribution is -0.153. The molecule has 0 unspecified atom stereocenters. The molecule has 1 aromatic carbocycles. The molecule has 0 spiro atoms. The minimum Gasteiger partial charge on any atom is -0.481 e. The number of hydrogen-bond acceptors (Lipinski definition) is 4. The van der Waals surface area contributed by atoms with E-state index in [9.17, 15) is 18.3 Å². The number of carbonyl (C=O) groups is 1. The molecule has 1 aromatic rings. The molecular weight excluding hydrogens is 292 g/mol. The van der Waals surface area contributed by atoms with Crippen molar-refractivity contribution in [2.45, 2.75) is 31.1 Å². The third-order valence-electron chi connectivity index (χ3n) is 3.89. The summed E-state index contributed by atoms with van der Waals surface area (Å²) in [6.07, 6.45) is 2.30. The maximum Gasteiger partial charge on any atom is 0.311 e. The van der Waals surface area contributed by atoms with E-state index in [0.29, 0.717) is 25.9 Å². The molecule has 116 valence electrons. The molecule has 6 nitrogen and oxygen atoms in total. The van der Waals surface area contributed by atoms with Crippen molar-refractivity contribution < 1.29 is 18.3 Å². The van der Waals surface area contributed by atoms with Crippen molar-refractivity contribution in [1.29, 1.82) is 0 Å². The molecule has 0 bridgehead atoms. The van der Waals surface area contributed by atoms with Crippen LogP contribution in [0.15, 0.2) is 29.2 Å². The Kier molecular flexibility index (Phi) is 4.53. The molecule has 21 heavy (non-hydrogen) atoms. The van der Waals surface area contributed by atoms with E-state index in [2.05, 4.69) is 10.0 Å². The second kappa shape index (κ2) is 6.03. The first-order chi connectivity index (χ1) is 9.89. The predicted molar refractivity (Wildman–Crippen MR) is 79.7 cm³/mol. The molecule has 1 aliphatic carbocycles. The molecule has 7 heteroatoms. The van der Waals surface area contributed by atoms with Crippen molar-refractivity contribution in [3.8, 4) is 0 Å². The van der Waals surface area contributed by atoms with Crippen molar-refractivity contribution in [3.05, 3.63) is 24.3 Å². The highest BCUT2D eigenvalue weighted by Gasteiger charge is 2.44. The van der Waals surface area contributed by atoms with Crippen LogP contribution < -0.4 is 10.0 Å². The molecule has 0 saturated heterocycles. The van der Waals surface area contributed by atoms with Gasteiger partial charge in [-0.1, -0.05) is 13.3 Å². The van der Waals surface area contributed by atoms with E-state index in [1.165, 1.54) is 12.1 Å². The molecule has 1 saturated carbocycles. The monoisotopic (exact) mass is 312 g/mol. The zero-order chi connectivity index (χ0) is 15.5. The summed E-state index contributed by atoms with van der Waals surface area (Å²) in [6.45, 7) is 2.42. The smallest absolute Gasteiger partial charge is 0.311 e. The first-order valence-corrected chi connectivity index (χ1v) is 8.45. The van der Waals surface area contributed by atoms with E-state index in [4.69, 9.17) is 0 Å². The van der Waals surface area contributed by atoms with Gasteiger partial charge in [-0.05, 0) is 37.1 Å². The molecule has 0 aromatic heterocycles. The van der Waals surface area contributed by atoms with Crippen LogP contribution >= 0.6 is 0 Å². The fraction of sp³-hybridized carbons (Fsp3) is 0.500. The number of benzene rings is 1. The lowest BCUT2D eigenvalue weighted by Crippen LogP contribution is -2.43. The topological polar surface area (TPSA) is 95.5 Å². The number of sulfonamides is 1. The van der Waals surface area contributed by atoms with Crippen LogP contribution in [0.2, 0.25) is 0 Å². The quantitative estimate of drug-likeness (QED) is 0.711. The van der Waals surface area contributed by atoms with Crippen LogP contribution in [0.25, 0.3) is 0 Å². The van der Waals surface area contributed by atoms with Gasteiger partial charge in [0.1, 0.15) is 0 Å². The van der Waals surface area contributed by atoms with Gasteiger partial charge >= 0.3 is 5.97 Å². The first kappa shape index (κ1) is 15.8. The van der Waals surface area contributed by atoms with Crippen LogP contribution in [-0.4, -0.2) is 32.6 Å². The number of aliphatic carboxylic acids is 1. The summed E-state index contributed by atoms with van der Waals surface area (Å²) in [6, 6.07) is 6.32. The van der Waals surface area contributed by atoms with E-state index in [1.807, 2.05) is 0 Å². The summed E-state index contributed by atoms with van der Waals surface area (Å²) < 4.78 is 26.0. The van der Waals surface area contributed by atoms with Gasteiger partial charge in [-0.25, -0.2) is 13.1 Å². The number of carboxylic acid groups (broad SMARTS) is 1. The maximum absolute atomic E-state index is 11.8. The Morgan fingerprint density at radius 1 is 1.29 bits per heavy atom. The molecular formula is C14H20N2O4S. The second-order valence-corrected chi connectivity index (χ2v) is 7.09. The van der Waals surface area contributed by atoms with Gasteiger partial charge < -0.3 is 10.4 Å². The van der Waals surface area contributed by atoms with E-state index < -0.39 is 21.4 Å². The summed E-state index contributed by atoms with van der Waals surface area (Å²) >= 11 is 0. The molecule has 3 N–H and O–H groups in total. The molecule has 2 rings (SSSR count). The minimum atomic E-state index is -3.45. The van der Waals surface area contributed by atoms with Gasteiger partial charge in [-0.15, -0.1) is 0 Å². The zero-order valence-corrected chi connectivity index (χ0v) is 12.7. The standard InChI is InChI=1S/C14H20N2O4S/c1-2-16-21(19,20)12-6-4-11(5-7-12)15-10-14(13(17)18)8-3-9-14/h4-7,15-16H,2-3,8-10H2,1H3,(H,17,18). The molecule has 1 aliphatic rings. The van der Waals surface area contributed by atoms with Crippen LogP contribution in [0.1, 0.15) is 26.2 Å². The van der Waals surface area contributed by atoms with E-state index in [-0.39, 0.29) is 4.90 Å². The Morgan fingerprint density at radius 3 is 2.33 bits per heavy atom. The van der Waals surface area contributed by atoms with Gasteiger partial charge in [0.05, 0.1) is 10.3 Å². The Bertz CT molecular complexity index is 606. The molecule has 0 heterocycles. The van der Waals surface area contributed by atoms with E-state index >= 15 is 0 Å². The van der Waals surface area contributed by atoms with Crippen LogP contribution in [0.5, 0.6) is 0 Å². The maximum atomic E-state index is 11.8. The summed E-state index contributed by atoms with van der Waals surface area (Å²) in [5, 5.41) is 12.3. The van der Waals surface area contributed by atoms with Gasteiger partial charge in [-0.2, -0.15) is 0 Å². The third-order valence-corrected chi connectivity index (χ3v) is 5.46. The predicted octanol–water partition coefficient (Wildman–Crippen LogP) is 1.65. The van der Waals surface area contributed by atoms with Crippen molar-refractivity contribution in [1.82, 2.24) is 4.72 Å². The fourth-order valence-electron chi connectivity index (χ4n) is 2.37. The molecule has 1 fully saturated rings.